The first-order valence-corrected chi connectivity index (χ1v) is 12.0. The predicted molar refractivity (Wildman–Crippen MR) is 127 cm³/mol. The van der Waals surface area contributed by atoms with Crippen molar-refractivity contribution in [3.8, 4) is 11.5 Å². The van der Waals surface area contributed by atoms with Crippen molar-refractivity contribution in [1.29, 1.82) is 0 Å². The standard InChI is InChI=1S/C24H28FN3O4S/c1-3-31-19-11-15(12-20(22(19)25)32-4-2)14-28(17-7-9-26-10-8-17)24-27-18-6-5-16(23(29)30)13-21(18)33-24/h5-6,11-13,17,26H,3-4,7-10,14H2,1-2H3,(H,29,30). The number of ether oxygens (including phenoxy) is 2. The van der Waals surface area contributed by atoms with Crippen LogP contribution in [0.4, 0.5) is 9.52 Å². The van der Waals surface area contributed by atoms with Crippen molar-refractivity contribution in [2.24, 2.45) is 0 Å². The first-order chi connectivity index (χ1) is 16.0. The molecule has 1 saturated heterocycles. The lowest BCUT2D eigenvalue weighted by Gasteiger charge is -2.34. The smallest absolute Gasteiger partial charge is 0.335 e. The van der Waals surface area contributed by atoms with Crippen LogP contribution in [-0.4, -0.2) is 48.4 Å². The van der Waals surface area contributed by atoms with Crippen LogP contribution >= 0.6 is 11.3 Å². The third kappa shape index (κ3) is 5.20. The van der Waals surface area contributed by atoms with Crippen molar-refractivity contribution in [3.05, 3.63) is 47.3 Å². The minimum atomic E-state index is -0.958. The summed E-state index contributed by atoms with van der Waals surface area (Å²) in [5.41, 5.74) is 1.88. The summed E-state index contributed by atoms with van der Waals surface area (Å²) in [7, 11) is 0. The quantitative estimate of drug-likeness (QED) is 0.466. The van der Waals surface area contributed by atoms with Gasteiger partial charge < -0.3 is 24.8 Å². The van der Waals surface area contributed by atoms with Gasteiger partial charge in [0.25, 0.3) is 0 Å². The zero-order chi connectivity index (χ0) is 23.4. The molecule has 7 nitrogen and oxygen atoms in total. The van der Waals surface area contributed by atoms with E-state index in [1.807, 2.05) is 13.8 Å². The molecule has 2 heterocycles. The van der Waals surface area contributed by atoms with Crippen LogP contribution in [0.25, 0.3) is 10.2 Å². The molecule has 2 N–H and O–H groups in total. The van der Waals surface area contributed by atoms with E-state index < -0.39 is 11.8 Å². The largest absolute Gasteiger partial charge is 0.491 e. The minimum absolute atomic E-state index is 0.180. The number of benzene rings is 2. The molecule has 176 valence electrons. The molecule has 0 saturated carbocycles. The van der Waals surface area contributed by atoms with E-state index in [9.17, 15) is 14.3 Å². The molecule has 3 aromatic rings. The van der Waals surface area contributed by atoms with E-state index in [0.29, 0.717) is 19.8 Å². The Morgan fingerprint density at radius 2 is 1.85 bits per heavy atom. The summed E-state index contributed by atoms with van der Waals surface area (Å²) < 4.78 is 26.6. The van der Waals surface area contributed by atoms with Gasteiger partial charge in [-0.2, -0.15) is 4.39 Å². The average Bonchev–Trinajstić information content (AvgIpc) is 3.24. The van der Waals surface area contributed by atoms with Gasteiger partial charge in [-0.15, -0.1) is 0 Å². The highest BCUT2D eigenvalue weighted by Gasteiger charge is 2.25. The molecule has 0 amide bonds. The maximum atomic E-state index is 14.8. The molecular weight excluding hydrogens is 445 g/mol. The van der Waals surface area contributed by atoms with Gasteiger partial charge in [-0.25, -0.2) is 9.78 Å². The van der Waals surface area contributed by atoms with Gasteiger partial charge in [0.2, 0.25) is 5.82 Å². The number of aromatic carboxylic acids is 1. The summed E-state index contributed by atoms with van der Waals surface area (Å²) in [5, 5.41) is 13.5. The number of nitrogens with one attached hydrogen (secondary N) is 1. The lowest BCUT2D eigenvalue weighted by atomic mass is 10.0. The minimum Gasteiger partial charge on any atom is -0.491 e. The van der Waals surface area contributed by atoms with Crippen molar-refractivity contribution >= 4 is 32.7 Å². The molecule has 1 aliphatic heterocycles. The van der Waals surface area contributed by atoms with Crippen LogP contribution in [0.2, 0.25) is 0 Å². The monoisotopic (exact) mass is 473 g/mol. The van der Waals surface area contributed by atoms with Crippen LogP contribution in [0.3, 0.4) is 0 Å². The second-order valence-electron chi connectivity index (χ2n) is 7.87. The Labute approximate surface area is 196 Å². The van der Waals surface area contributed by atoms with Gasteiger partial charge in [0, 0.05) is 12.6 Å². The molecule has 2 aromatic carbocycles. The number of thiazole rings is 1. The first kappa shape index (κ1) is 23.3. The number of hydrogen-bond donors (Lipinski definition) is 2. The molecule has 1 aliphatic rings. The van der Waals surface area contributed by atoms with E-state index in [1.165, 1.54) is 11.3 Å². The summed E-state index contributed by atoms with van der Waals surface area (Å²) in [6.45, 7) is 6.68. The molecule has 0 radical (unpaired) electrons. The molecule has 33 heavy (non-hydrogen) atoms. The topological polar surface area (TPSA) is 83.9 Å². The molecule has 1 fully saturated rings. The van der Waals surface area contributed by atoms with E-state index in [4.69, 9.17) is 14.5 Å². The summed E-state index contributed by atoms with van der Waals surface area (Å²) >= 11 is 1.48. The molecule has 1 aromatic heterocycles. The van der Waals surface area contributed by atoms with Gasteiger partial charge in [-0.3, -0.25) is 0 Å². The van der Waals surface area contributed by atoms with Crippen LogP contribution in [0, 0.1) is 5.82 Å². The number of carboxylic acid groups (broad SMARTS) is 1. The Bertz CT molecular complexity index is 1100. The van der Waals surface area contributed by atoms with E-state index >= 15 is 0 Å². The van der Waals surface area contributed by atoms with Gasteiger partial charge in [0.05, 0.1) is 29.0 Å². The van der Waals surface area contributed by atoms with Crippen molar-refractivity contribution in [1.82, 2.24) is 10.3 Å². The van der Waals surface area contributed by atoms with Crippen LogP contribution < -0.4 is 19.7 Å². The molecule has 4 rings (SSSR count). The number of nitrogens with zero attached hydrogens (tertiary/aromatic N) is 2. The number of aromatic nitrogens is 1. The van der Waals surface area contributed by atoms with Gasteiger partial charge >= 0.3 is 5.97 Å². The van der Waals surface area contributed by atoms with Crippen LogP contribution in [0.1, 0.15) is 42.6 Å². The zero-order valence-electron chi connectivity index (χ0n) is 18.8. The number of halogens is 1. The van der Waals surface area contributed by atoms with E-state index in [1.54, 1.807) is 30.3 Å². The van der Waals surface area contributed by atoms with Crippen LogP contribution in [-0.2, 0) is 6.54 Å². The maximum absolute atomic E-state index is 14.8. The van der Waals surface area contributed by atoms with E-state index in [-0.39, 0.29) is 23.1 Å². The Morgan fingerprint density at radius 3 is 2.45 bits per heavy atom. The highest BCUT2D eigenvalue weighted by atomic mass is 32.1. The number of anilines is 1. The Morgan fingerprint density at radius 1 is 1.18 bits per heavy atom. The van der Waals surface area contributed by atoms with Gasteiger partial charge in [-0.1, -0.05) is 11.3 Å². The fourth-order valence-corrected chi connectivity index (χ4v) is 5.15. The fraction of sp³-hybridized carbons (Fsp3) is 0.417. The van der Waals surface area contributed by atoms with Gasteiger partial charge in [0.15, 0.2) is 16.6 Å². The highest BCUT2D eigenvalue weighted by Crippen LogP contribution is 2.35. The van der Waals surface area contributed by atoms with Crippen molar-refractivity contribution in [2.45, 2.75) is 39.3 Å². The normalized spacial score (nSPS) is 14.4. The van der Waals surface area contributed by atoms with Crippen molar-refractivity contribution in [3.63, 3.8) is 0 Å². The predicted octanol–water partition coefficient (Wildman–Crippen LogP) is 4.69. The van der Waals surface area contributed by atoms with Crippen LogP contribution in [0.5, 0.6) is 11.5 Å². The summed E-state index contributed by atoms with van der Waals surface area (Å²) in [5.74, 6) is -1.09. The number of rotatable bonds is 9. The molecule has 0 atom stereocenters. The SMILES string of the molecule is CCOc1cc(CN(c2nc3ccc(C(=O)O)cc3s2)C2CCNCC2)cc(OCC)c1F. The van der Waals surface area contributed by atoms with Crippen molar-refractivity contribution < 1.29 is 23.8 Å². The zero-order valence-corrected chi connectivity index (χ0v) is 19.6. The molecule has 0 unspecified atom stereocenters. The second kappa shape index (κ2) is 10.4. The molecule has 0 bridgehead atoms. The van der Waals surface area contributed by atoms with Crippen LogP contribution in [0.15, 0.2) is 30.3 Å². The van der Waals surface area contributed by atoms with Gasteiger partial charge in [0.1, 0.15) is 0 Å². The molecule has 0 aliphatic carbocycles. The van der Waals surface area contributed by atoms with Gasteiger partial charge in [-0.05, 0) is 75.7 Å². The number of carbonyl (C=O) groups is 1. The third-order valence-electron chi connectivity index (χ3n) is 5.64. The van der Waals surface area contributed by atoms with E-state index in [0.717, 1.165) is 46.8 Å². The molecular formula is C24H28FN3O4S. The lowest BCUT2D eigenvalue weighted by molar-refractivity contribution is 0.0697. The number of piperidine rings is 1. The number of carboxylic acids is 1. The first-order valence-electron chi connectivity index (χ1n) is 11.2. The lowest BCUT2D eigenvalue weighted by Crippen LogP contribution is -2.43. The Hall–Kier alpha value is -2.91. The maximum Gasteiger partial charge on any atom is 0.335 e. The summed E-state index contributed by atoms with van der Waals surface area (Å²) in [4.78, 5) is 18.4. The Balaban J connectivity index is 1.72. The molecule has 0 spiro atoms. The molecule has 9 heteroatoms. The number of hydrogen-bond acceptors (Lipinski definition) is 7. The number of fused-ring (bicyclic) bond motifs is 1. The Kier molecular flexibility index (Phi) is 7.29. The summed E-state index contributed by atoms with van der Waals surface area (Å²) in [6, 6.07) is 8.69. The fourth-order valence-electron chi connectivity index (χ4n) is 4.08. The highest BCUT2D eigenvalue weighted by molar-refractivity contribution is 7.22. The average molecular weight is 474 g/mol. The second-order valence-corrected chi connectivity index (χ2v) is 8.87. The summed E-state index contributed by atoms with van der Waals surface area (Å²) in [6.07, 6.45) is 1.91. The van der Waals surface area contributed by atoms with Crippen molar-refractivity contribution in [2.75, 3.05) is 31.2 Å². The van der Waals surface area contributed by atoms with E-state index in [2.05, 4.69) is 10.2 Å². The third-order valence-corrected chi connectivity index (χ3v) is 6.69.